The van der Waals surface area contributed by atoms with Gasteiger partial charge in [-0.25, -0.2) is 0 Å². The molecule has 3 heteroatoms. The molecule has 1 heterocycles. The third-order valence-electron chi connectivity index (χ3n) is 3.41. The molecular formula is C13H21ClN2. The van der Waals surface area contributed by atoms with Gasteiger partial charge in [0.05, 0.1) is 5.02 Å². The molecule has 90 valence electrons. The first-order chi connectivity index (χ1) is 7.70. The van der Waals surface area contributed by atoms with Gasteiger partial charge >= 0.3 is 0 Å². The second-order valence-electron chi connectivity index (χ2n) is 4.87. The summed E-state index contributed by atoms with van der Waals surface area (Å²) in [6.45, 7) is 3.20. The number of nitrogens with zero attached hydrogens (tertiary/aromatic N) is 1. The van der Waals surface area contributed by atoms with E-state index >= 15 is 0 Å². The first-order valence-corrected chi connectivity index (χ1v) is 6.62. The number of halogens is 1. The fourth-order valence-electron chi connectivity index (χ4n) is 2.29. The van der Waals surface area contributed by atoms with Crippen molar-refractivity contribution in [3.8, 4) is 0 Å². The fourth-order valence-corrected chi connectivity index (χ4v) is 2.56. The van der Waals surface area contributed by atoms with Crippen molar-refractivity contribution in [1.29, 1.82) is 0 Å². The van der Waals surface area contributed by atoms with E-state index in [9.17, 15) is 0 Å². The van der Waals surface area contributed by atoms with E-state index in [-0.39, 0.29) is 0 Å². The number of aromatic nitrogens is 1. The molecule has 1 aliphatic carbocycles. The molecule has 0 spiro atoms. The second kappa shape index (κ2) is 5.24. The summed E-state index contributed by atoms with van der Waals surface area (Å²) in [5, 5.41) is 4.50. The van der Waals surface area contributed by atoms with Crippen LogP contribution in [0.1, 0.15) is 38.3 Å². The van der Waals surface area contributed by atoms with E-state index in [0.29, 0.717) is 6.04 Å². The van der Waals surface area contributed by atoms with Crippen LogP contribution in [0.15, 0.2) is 12.3 Å². The molecule has 1 atom stereocenters. The first kappa shape index (κ1) is 12.0. The van der Waals surface area contributed by atoms with Crippen LogP contribution >= 0.6 is 11.6 Å². The molecule has 0 aromatic carbocycles. The van der Waals surface area contributed by atoms with Crippen LogP contribution in [-0.4, -0.2) is 10.6 Å². The summed E-state index contributed by atoms with van der Waals surface area (Å²) in [4.78, 5) is 0. The van der Waals surface area contributed by atoms with E-state index in [2.05, 4.69) is 23.9 Å². The van der Waals surface area contributed by atoms with Crippen LogP contribution in [-0.2, 0) is 13.6 Å². The normalized spacial score (nSPS) is 17.7. The lowest BCUT2D eigenvalue weighted by Crippen LogP contribution is -2.31. The van der Waals surface area contributed by atoms with Crippen LogP contribution in [0.3, 0.4) is 0 Å². The van der Waals surface area contributed by atoms with Crippen molar-refractivity contribution in [1.82, 2.24) is 9.88 Å². The SMILES string of the molecule is CCCC(NCc1cc(Cl)cn1C)C1CC1. The highest BCUT2D eigenvalue weighted by Gasteiger charge is 2.30. The summed E-state index contributed by atoms with van der Waals surface area (Å²) >= 11 is 5.97. The lowest BCUT2D eigenvalue weighted by atomic mass is 10.1. The Kier molecular flexibility index (Phi) is 3.93. The third-order valence-corrected chi connectivity index (χ3v) is 3.62. The number of hydrogen-bond acceptors (Lipinski definition) is 1. The topological polar surface area (TPSA) is 17.0 Å². The lowest BCUT2D eigenvalue weighted by Gasteiger charge is -2.17. The zero-order valence-corrected chi connectivity index (χ0v) is 10.9. The van der Waals surface area contributed by atoms with Crippen LogP contribution in [0.2, 0.25) is 5.02 Å². The molecule has 16 heavy (non-hydrogen) atoms. The van der Waals surface area contributed by atoms with Crippen LogP contribution in [0.4, 0.5) is 0 Å². The molecule has 0 aliphatic heterocycles. The van der Waals surface area contributed by atoms with Crippen LogP contribution < -0.4 is 5.32 Å². The molecule has 1 aromatic heterocycles. The molecule has 2 rings (SSSR count). The number of aryl methyl sites for hydroxylation is 1. The highest BCUT2D eigenvalue weighted by atomic mass is 35.5. The van der Waals surface area contributed by atoms with Gasteiger partial charge in [-0.05, 0) is 31.2 Å². The first-order valence-electron chi connectivity index (χ1n) is 6.24. The Labute approximate surface area is 103 Å². The van der Waals surface area contributed by atoms with Crippen molar-refractivity contribution in [2.24, 2.45) is 13.0 Å². The van der Waals surface area contributed by atoms with Crippen molar-refractivity contribution in [2.45, 2.75) is 45.2 Å². The van der Waals surface area contributed by atoms with Gasteiger partial charge in [0, 0.05) is 31.5 Å². The second-order valence-corrected chi connectivity index (χ2v) is 5.31. The Morgan fingerprint density at radius 2 is 2.31 bits per heavy atom. The van der Waals surface area contributed by atoms with E-state index in [1.165, 1.54) is 31.4 Å². The van der Waals surface area contributed by atoms with Gasteiger partial charge in [0.25, 0.3) is 0 Å². The van der Waals surface area contributed by atoms with Crippen molar-refractivity contribution in [3.05, 3.63) is 23.0 Å². The van der Waals surface area contributed by atoms with Gasteiger partial charge in [-0.3, -0.25) is 0 Å². The molecule has 0 amide bonds. The van der Waals surface area contributed by atoms with E-state index in [0.717, 1.165) is 17.5 Å². The van der Waals surface area contributed by atoms with Gasteiger partial charge in [-0.15, -0.1) is 0 Å². The lowest BCUT2D eigenvalue weighted by molar-refractivity contribution is 0.424. The number of hydrogen-bond donors (Lipinski definition) is 1. The van der Waals surface area contributed by atoms with E-state index < -0.39 is 0 Å². The molecular weight excluding hydrogens is 220 g/mol. The standard InChI is InChI=1S/C13H21ClN2/c1-3-4-13(10-5-6-10)15-8-12-7-11(14)9-16(12)2/h7,9-10,13,15H,3-6,8H2,1-2H3. The summed E-state index contributed by atoms with van der Waals surface area (Å²) < 4.78 is 2.10. The maximum absolute atomic E-state index is 5.97. The van der Waals surface area contributed by atoms with Gasteiger partial charge in [-0.2, -0.15) is 0 Å². The minimum absolute atomic E-state index is 0.707. The summed E-state index contributed by atoms with van der Waals surface area (Å²) in [6.07, 6.45) is 7.34. The highest BCUT2D eigenvalue weighted by Crippen LogP contribution is 2.34. The Morgan fingerprint density at radius 3 is 2.81 bits per heavy atom. The van der Waals surface area contributed by atoms with Crippen LogP contribution in [0.5, 0.6) is 0 Å². The molecule has 1 unspecified atom stereocenters. The summed E-state index contributed by atoms with van der Waals surface area (Å²) in [5.41, 5.74) is 1.27. The average molecular weight is 241 g/mol. The maximum atomic E-state index is 5.97. The molecule has 1 aliphatic rings. The van der Waals surface area contributed by atoms with Crippen molar-refractivity contribution in [2.75, 3.05) is 0 Å². The van der Waals surface area contributed by atoms with Crippen molar-refractivity contribution < 1.29 is 0 Å². The third kappa shape index (κ3) is 3.02. The van der Waals surface area contributed by atoms with Crippen molar-refractivity contribution >= 4 is 11.6 Å². The Bertz CT molecular complexity index is 342. The predicted molar refractivity (Wildman–Crippen MR) is 68.7 cm³/mol. The molecule has 1 N–H and O–H groups in total. The maximum Gasteiger partial charge on any atom is 0.0585 e. The molecule has 0 radical (unpaired) electrons. The zero-order chi connectivity index (χ0) is 11.5. The molecule has 1 aromatic rings. The molecule has 1 saturated carbocycles. The predicted octanol–water partition coefficient (Wildman–Crippen LogP) is 3.35. The van der Waals surface area contributed by atoms with Gasteiger partial charge in [0.1, 0.15) is 0 Å². The Morgan fingerprint density at radius 1 is 1.56 bits per heavy atom. The van der Waals surface area contributed by atoms with E-state index in [4.69, 9.17) is 11.6 Å². The summed E-state index contributed by atoms with van der Waals surface area (Å²) in [7, 11) is 2.05. The van der Waals surface area contributed by atoms with Gasteiger partial charge in [-0.1, -0.05) is 24.9 Å². The van der Waals surface area contributed by atoms with Crippen LogP contribution in [0.25, 0.3) is 0 Å². The largest absolute Gasteiger partial charge is 0.352 e. The van der Waals surface area contributed by atoms with Crippen LogP contribution in [0, 0.1) is 5.92 Å². The zero-order valence-electron chi connectivity index (χ0n) is 10.2. The van der Waals surface area contributed by atoms with E-state index in [1.54, 1.807) is 0 Å². The quantitative estimate of drug-likeness (QED) is 0.807. The molecule has 0 bridgehead atoms. The van der Waals surface area contributed by atoms with E-state index in [1.807, 2.05) is 12.3 Å². The van der Waals surface area contributed by atoms with Gasteiger partial charge < -0.3 is 9.88 Å². The molecule has 2 nitrogen and oxygen atoms in total. The number of nitrogens with one attached hydrogen (secondary N) is 1. The minimum Gasteiger partial charge on any atom is -0.352 e. The van der Waals surface area contributed by atoms with Gasteiger partial charge in [0.15, 0.2) is 0 Å². The Hall–Kier alpha value is -0.470. The number of rotatable bonds is 6. The Balaban J connectivity index is 1.87. The van der Waals surface area contributed by atoms with Gasteiger partial charge in [0.2, 0.25) is 0 Å². The summed E-state index contributed by atoms with van der Waals surface area (Å²) in [6, 6.07) is 2.75. The van der Waals surface area contributed by atoms with Crippen molar-refractivity contribution in [3.63, 3.8) is 0 Å². The summed E-state index contributed by atoms with van der Waals surface area (Å²) in [5.74, 6) is 0.927. The minimum atomic E-state index is 0.707. The monoisotopic (exact) mass is 240 g/mol. The smallest absolute Gasteiger partial charge is 0.0585 e. The average Bonchev–Trinajstić information content (AvgIpc) is 3.01. The fraction of sp³-hybridized carbons (Fsp3) is 0.692. The molecule has 1 fully saturated rings. The highest BCUT2D eigenvalue weighted by molar-refractivity contribution is 6.30. The molecule has 0 saturated heterocycles.